The molecule has 2 aromatic heterocycles. The third-order valence-electron chi connectivity index (χ3n) is 5.94. The SMILES string of the molecule is COc1ccc(C)c2sc(N(CCCN(C)C)C(=O)C3CCCN3S(=O)(=O)c3cccs3)nc12. The Morgan fingerprint density at radius 2 is 2.06 bits per heavy atom. The van der Waals surface area contributed by atoms with Gasteiger partial charge in [0.05, 0.1) is 11.8 Å². The molecule has 1 saturated heterocycles. The number of carbonyl (C=O) groups is 1. The lowest BCUT2D eigenvalue weighted by atomic mass is 10.2. The first-order valence-electron chi connectivity index (χ1n) is 11.2. The van der Waals surface area contributed by atoms with Gasteiger partial charge in [0.25, 0.3) is 10.0 Å². The van der Waals surface area contributed by atoms with Gasteiger partial charge in [-0.3, -0.25) is 9.69 Å². The molecule has 1 unspecified atom stereocenters. The van der Waals surface area contributed by atoms with Crippen molar-refractivity contribution in [2.24, 2.45) is 0 Å². The summed E-state index contributed by atoms with van der Waals surface area (Å²) in [5.41, 5.74) is 1.78. The maximum atomic E-state index is 13.9. The van der Waals surface area contributed by atoms with Crippen molar-refractivity contribution in [2.45, 2.75) is 36.4 Å². The van der Waals surface area contributed by atoms with Crippen LogP contribution in [0.5, 0.6) is 5.75 Å². The summed E-state index contributed by atoms with van der Waals surface area (Å²) in [6.07, 6.45) is 1.90. The first-order valence-corrected chi connectivity index (χ1v) is 14.3. The third kappa shape index (κ3) is 4.85. The van der Waals surface area contributed by atoms with Crippen molar-refractivity contribution in [1.29, 1.82) is 0 Å². The Bertz CT molecular complexity index is 1250. The maximum absolute atomic E-state index is 13.9. The number of amides is 1. The van der Waals surface area contributed by atoms with Gasteiger partial charge in [0.2, 0.25) is 5.91 Å². The highest BCUT2D eigenvalue weighted by Crippen LogP contribution is 2.38. The molecule has 1 atom stereocenters. The van der Waals surface area contributed by atoms with Gasteiger partial charge in [0.15, 0.2) is 5.13 Å². The number of hydrogen-bond acceptors (Lipinski definition) is 8. The summed E-state index contributed by atoms with van der Waals surface area (Å²) >= 11 is 2.63. The minimum atomic E-state index is -3.72. The van der Waals surface area contributed by atoms with Crippen molar-refractivity contribution >= 4 is 54.0 Å². The summed E-state index contributed by atoms with van der Waals surface area (Å²) in [5.74, 6) is 0.443. The molecule has 1 aliphatic heterocycles. The van der Waals surface area contributed by atoms with Crippen LogP contribution in [0.3, 0.4) is 0 Å². The number of hydrogen-bond donors (Lipinski definition) is 0. The zero-order valence-electron chi connectivity index (χ0n) is 19.9. The van der Waals surface area contributed by atoms with E-state index in [2.05, 4.69) is 4.90 Å². The van der Waals surface area contributed by atoms with E-state index in [0.717, 1.165) is 28.7 Å². The second-order valence-electron chi connectivity index (χ2n) is 8.61. The molecule has 0 N–H and O–H groups in total. The molecule has 0 saturated carbocycles. The van der Waals surface area contributed by atoms with Crippen LogP contribution in [0.1, 0.15) is 24.8 Å². The van der Waals surface area contributed by atoms with Crippen LogP contribution < -0.4 is 9.64 Å². The van der Waals surface area contributed by atoms with E-state index < -0.39 is 16.1 Å². The van der Waals surface area contributed by atoms with E-state index in [1.165, 1.54) is 27.0 Å². The van der Waals surface area contributed by atoms with E-state index in [0.29, 0.717) is 36.8 Å². The Hall–Kier alpha value is -2.05. The molecule has 0 spiro atoms. The number of rotatable bonds is 9. The summed E-state index contributed by atoms with van der Waals surface area (Å²) in [6, 6.07) is 6.44. The minimum Gasteiger partial charge on any atom is -0.494 e. The number of nitrogens with zero attached hydrogens (tertiary/aromatic N) is 4. The van der Waals surface area contributed by atoms with Crippen LogP contribution in [-0.4, -0.2) is 75.4 Å². The number of benzene rings is 1. The van der Waals surface area contributed by atoms with Crippen molar-refractivity contribution in [3.05, 3.63) is 35.2 Å². The first kappa shape index (κ1) is 25.1. The predicted molar refractivity (Wildman–Crippen MR) is 138 cm³/mol. The van der Waals surface area contributed by atoms with Crippen LogP contribution in [0.4, 0.5) is 5.13 Å². The van der Waals surface area contributed by atoms with Crippen molar-refractivity contribution in [2.75, 3.05) is 45.7 Å². The number of anilines is 1. The first-order chi connectivity index (χ1) is 16.2. The Labute approximate surface area is 208 Å². The molecule has 3 aromatic rings. The lowest BCUT2D eigenvalue weighted by Crippen LogP contribution is -2.48. The molecule has 11 heteroatoms. The van der Waals surface area contributed by atoms with Gasteiger partial charge in [0.1, 0.15) is 21.5 Å². The van der Waals surface area contributed by atoms with Crippen LogP contribution in [0.25, 0.3) is 10.2 Å². The zero-order chi connectivity index (χ0) is 24.5. The van der Waals surface area contributed by atoms with Crippen LogP contribution >= 0.6 is 22.7 Å². The second kappa shape index (κ2) is 10.3. The Balaban J connectivity index is 1.70. The maximum Gasteiger partial charge on any atom is 0.253 e. The summed E-state index contributed by atoms with van der Waals surface area (Å²) < 4.78 is 34.7. The van der Waals surface area contributed by atoms with Gasteiger partial charge in [0, 0.05) is 13.1 Å². The average molecular weight is 523 g/mol. The molecular weight excluding hydrogens is 492 g/mol. The average Bonchev–Trinajstić information content (AvgIpc) is 3.57. The van der Waals surface area contributed by atoms with Crippen LogP contribution in [-0.2, 0) is 14.8 Å². The van der Waals surface area contributed by atoms with E-state index in [1.807, 2.05) is 33.2 Å². The summed E-state index contributed by atoms with van der Waals surface area (Å²) in [4.78, 5) is 22.4. The van der Waals surface area contributed by atoms with E-state index in [4.69, 9.17) is 9.72 Å². The molecule has 184 valence electrons. The van der Waals surface area contributed by atoms with Crippen LogP contribution in [0, 0.1) is 6.92 Å². The van der Waals surface area contributed by atoms with Crippen LogP contribution in [0.15, 0.2) is 33.9 Å². The summed E-state index contributed by atoms with van der Waals surface area (Å²) in [7, 11) is 1.86. The van der Waals surface area contributed by atoms with E-state index in [-0.39, 0.29) is 10.1 Å². The lowest BCUT2D eigenvalue weighted by Gasteiger charge is -2.28. The number of methoxy groups -OCH3 is 1. The molecule has 1 aromatic carbocycles. The van der Waals surface area contributed by atoms with Crippen LogP contribution in [0.2, 0.25) is 0 Å². The highest BCUT2D eigenvalue weighted by molar-refractivity contribution is 7.91. The second-order valence-corrected chi connectivity index (χ2v) is 12.7. The summed E-state index contributed by atoms with van der Waals surface area (Å²) in [6.45, 7) is 3.61. The Morgan fingerprint density at radius 3 is 2.74 bits per heavy atom. The fourth-order valence-corrected chi connectivity index (χ4v) is 8.06. The highest BCUT2D eigenvalue weighted by Gasteiger charge is 2.42. The monoisotopic (exact) mass is 522 g/mol. The van der Waals surface area contributed by atoms with Gasteiger partial charge in [-0.2, -0.15) is 4.31 Å². The molecule has 8 nitrogen and oxygen atoms in total. The Morgan fingerprint density at radius 1 is 1.26 bits per heavy atom. The molecule has 34 heavy (non-hydrogen) atoms. The minimum absolute atomic E-state index is 0.216. The molecular formula is C23H30N4O4S3. The fraction of sp³-hybridized carbons (Fsp3) is 0.478. The molecule has 3 heterocycles. The van der Waals surface area contributed by atoms with E-state index >= 15 is 0 Å². The predicted octanol–water partition coefficient (Wildman–Crippen LogP) is 3.81. The number of ether oxygens (including phenoxy) is 1. The zero-order valence-corrected chi connectivity index (χ0v) is 22.3. The number of thiazole rings is 1. The fourth-order valence-electron chi connectivity index (χ4n) is 4.20. The number of aromatic nitrogens is 1. The third-order valence-corrected chi connectivity index (χ3v) is 10.4. The Kier molecular flexibility index (Phi) is 7.58. The van der Waals surface area contributed by atoms with Crippen molar-refractivity contribution < 1.29 is 17.9 Å². The largest absolute Gasteiger partial charge is 0.494 e. The molecule has 0 bridgehead atoms. The van der Waals surface area contributed by atoms with Crippen molar-refractivity contribution in [3.63, 3.8) is 0 Å². The summed E-state index contributed by atoms with van der Waals surface area (Å²) in [5, 5.41) is 2.32. The van der Waals surface area contributed by atoms with Gasteiger partial charge >= 0.3 is 0 Å². The van der Waals surface area contributed by atoms with E-state index in [9.17, 15) is 13.2 Å². The highest BCUT2D eigenvalue weighted by atomic mass is 32.2. The molecule has 4 rings (SSSR count). The van der Waals surface area contributed by atoms with Crippen molar-refractivity contribution in [3.8, 4) is 5.75 Å². The van der Waals surface area contributed by atoms with Gasteiger partial charge in [-0.1, -0.05) is 23.5 Å². The molecule has 0 radical (unpaired) electrons. The number of sulfonamides is 1. The normalized spacial score (nSPS) is 17.0. The van der Waals surface area contributed by atoms with Gasteiger partial charge in [-0.25, -0.2) is 13.4 Å². The smallest absolute Gasteiger partial charge is 0.253 e. The molecule has 1 amide bonds. The number of fused-ring (bicyclic) bond motifs is 1. The lowest BCUT2D eigenvalue weighted by molar-refractivity contribution is -0.121. The quantitative estimate of drug-likeness (QED) is 0.425. The molecule has 0 aliphatic carbocycles. The standard InChI is InChI=1S/C23H30N4O4S3/c1-16-10-11-18(31-4)20-21(16)33-23(24-20)26(13-7-12-25(2)3)22(28)17-8-5-14-27(17)34(29,30)19-9-6-15-32-19/h6,9-11,15,17H,5,7-8,12-14H2,1-4H3. The van der Waals surface area contributed by atoms with Gasteiger partial charge in [-0.15, -0.1) is 11.3 Å². The number of carbonyl (C=O) groups excluding carboxylic acids is 1. The van der Waals surface area contributed by atoms with Gasteiger partial charge < -0.3 is 9.64 Å². The topological polar surface area (TPSA) is 83.0 Å². The molecule has 1 fully saturated rings. The van der Waals surface area contributed by atoms with Crippen molar-refractivity contribution in [1.82, 2.24) is 14.2 Å². The van der Waals surface area contributed by atoms with E-state index in [1.54, 1.807) is 29.5 Å². The molecule has 1 aliphatic rings. The number of thiophene rings is 1. The van der Waals surface area contributed by atoms with Gasteiger partial charge in [-0.05, 0) is 69.9 Å². The number of aryl methyl sites for hydroxylation is 1.